The van der Waals surface area contributed by atoms with E-state index in [2.05, 4.69) is 6.07 Å². The normalized spacial score (nSPS) is 12.1. The minimum Gasteiger partial charge on any atom is -0.396 e. The molecule has 0 saturated carbocycles. The SMILES string of the molecule is Cc1csc(/C(N)=C(/C#N)c2cccs2)c1Cl. The van der Waals surface area contributed by atoms with Gasteiger partial charge in [0.05, 0.1) is 21.2 Å². The molecule has 0 aliphatic heterocycles. The average molecular weight is 281 g/mol. The van der Waals surface area contributed by atoms with Gasteiger partial charge in [0.1, 0.15) is 6.07 Å². The zero-order chi connectivity index (χ0) is 12.4. The molecule has 0 bridgehead atoms. The Bertz CT molecular complexity index is 603. The smallest absolute Gasteiger partial charge is 0.103 e. The first kappa shape index (κ1) is 12.2. The molecule has 2 nitrogen and oxygen atoms in total. The molecule has 0 radical (unpaired) electrons. The lowest BCUT2D eigenvalue weighted by Crippen LogP contribution is -1.98. The molecule has 2 aromatic heterocycles. The molecule has 0 spiro atoms. The van der Waals surface area contributed by atoms with E-state index in [4.69, 9.17) is 17.3 Å². The van der Waals surface area contributed by atoms with Gasteiger partial charge in [0, 0.05) is 4.88 Å². The Morgan fingerprint density at radius 3 is 2.71 bits per heavy atom. The second-order valence-corrected chi connectivity index (χ2v) is 5.64. The molecule has 0 aromatic carbocycles. The molecule has 0 fully saturated rings. The van der Waals surface area contributed by atoms with Gasteiger partial charge in [0.25, 0.3) is 0 Å². The first-order valence-electron chi connectivity index (χ1n) is 4.82. The van der Waals surface area contributed by atoms with E-state index >= 15 is 0 Å². The maximum Gasteiger partial charge on any atom is 0.103 e. The predicted molar refractivity (Wildman–Crippen MR) is 75.0 cm³/mol. The van der Waals surface area contributed by atoms with Gasteiger partial charge in [-0.2, -0.15) is 5.26 Å². The van der Waals surface area contributed by atoms with Crippen molar-refractivity contribution in [3.63, 3.8) is 0 Å². The Morgan fingerprint density at radius 1 is 1.47 bits per heavy atom. The maximum absolute atomic E-state index is 9.21. The predicted octanol–water partition coefficient (Wildman–Crippen LogP) is 4.12. The lowest BCUT2D eigenvalue weighted by molar-refractivity contribution is 1.51. The van der Waals surface area contributed by atoms with Crippen molar-refractivity contribution in [2.45, 2.75) is 6.92 Å². The van der Waals surface area contributed by atoms with Crippen LogP contribution in [0.15, 0.2) is 22.9 Å². The molecule has 2 aromatic rings. The third kappa shape index (κ3) is 2.22. The van der Waals surface area contributed by atoms with Crippen molar-refractivity contribution in [3.8, 4) is 6.07 Å². The Labute approximate surface area is 113 Å². The summed E-state index contributed by atoms with van der Waals surface area (Å²) in [7, 11) is 0. The quantitative estimate of drug-likeness (QED) is 0.841. The number of aryl methyl sites for hydroxylation is 1. The minimum atomic E-state index is 0.457. The van der Waals surface area contributed by atoms with Crippen LogP contribution in [-0.4, -0.2) is 0 Å². The molecular weight excluding hydrogens is 272 g/mol. The zero-order valence-corrected chi connectivity index (χ0v) is 11.4. The third-order valence-corrected chi connectivity index (χ3v) is 4.91. The summed E-state index contributed by atoms with van der Waals surface area (Å²) in [6, 6.07) is 5.93. The van der Waals surface area contributed by atoms with Crippen LogP contribution in [0.1, 0.15) is 15.3 Å². The summed E-state index contributed by atoms with van der Waals surface area (Å²) in [6.07, 6.45) is 0. The van der Waals surface area contributed by atoms with Crippen LogP contribution in [0.5, 0.6) is 0 Å². The topological polar surface area (TPSA) is 49.8 Å². The Morgan fingerprint density at radius 2 is 2.24 bits per heavy atom. The van der Waals surface area contributed by atoms with E-state index in [9.17, 15) is 5.26 Å². The summed E-state index contributed by atoms with van der Waals surface area (Å²) >= 11 is 9.11. The fourth-order valence-corrected chi connectivity index (χ4v) is 3.39. The van der Waals surface area contributed by atoms with Crippen molar-refractivity contribution in [3.05, 3.63) is 43.2 Å². The van der Waals surface area contributed by atoms with E-state index < -0.39 is 0 Å². The van der Waals surface area contributed by atoms with Crippen molar-refractivity contribution < 1.29 is 0 Å². The van der Waals surface area contributed by atoms with Crippen LogP contribution in [0.4, 0.5) is 0 Å². The average Bonchev–Trinajstić information content (AvgIpc) is 2.92. The molecule has 0 amide bonds. The second kappa shape index (κ2) is 4.92. The molecule has 2 rings (SSSR count). The van der Waals surface area contributed by atoms with Crippen LogP contribution in [0.3, 0.4) is 0 Å². The van der Waals surface area contributed by atoms with Gasteiger partial charge in [-0.05, 0) is 29.3 Å². The van der Waals surface area contributed by atoms with Gasteiger partial charge < -0.3 is 5.73 Å². The van der Waals surface area contributed by atoms with Crippen LogP contribution in [0.25, 0.3) is 11.3 Å². The fraction of sp³-hybridized carbons (Fsp3) is 0.0833. The summed E-state index contributed by atoms with van der Waals surface area (Å²) in [5.74, 6) is 0. The largest absolute Gasteiger partial charge is 0.396 e. The van der Waals surface area contributed by atoms with Gasteiger partial charge in [-0.25, -0.2) is 0 Å². The Hall–Kier alpha value is -1.28. The first-order valence-corrected chi connectivity index (χ1v) is 6.96. The zero-order valence-electron chi connectivity index (χ0n) is 9.03. The second-order valence-electron chi connectivity index (χ2n) is 3.44. The summed E-state index contributed by atoms with van der Waals surface area (Å²) in [6.45, 7) is 1.92. The number of rotatable bonds is 2. The van der Waals surface area contributed by atoms with Crippen LogP contribution in [-0.2, 0) is 0 Å². The number of nitriles is 1. The van der Waals surface area contributed by atoms with E-state index in [-0.39, 0.29) is 0 Å². The number of hydrogen-bond donors (Lipinski definition) is 1. The molecule has 17 heavy (non-hydrogen) atoms. The van der Waals surface area contributed by atoms with Crippen LogP contribution in [0, 0.1) is 18.3 Å². The monoisotopic (exact) mass is 280 g/mol. The van der Waals surface area contributed by atoms with Gasteiger partial charge in [0.2, 0.25) is 0 Å². The van der Waals surface area contributed by atoms with Crippen LogP contribution in [0.2, 0.25) is 5.02 Å². The van der Waals surface area contributed by atoms with Gasteiger partial charge in [-0.1, -0.05) is 17.7 Å². The maximum atomic E-state index is 9.21. The van der Waals surface area contributed by atoms with Crippen molar-refractivity contribution >= 4 is 45.5 Å². The molecule has 0 aliphatic rings. The molecular formula is C12H9ClN2S2. The highest BCUT2D eigenvalue weighted by molar-refractivity contribution is 7.12. The minimum absolute atomic E-state index is 0.457. The van der Waals surface area contributed by atoms with Gasteiger partial charge in [-0.15, -0.1) is 22.7 Å². The molecule has 2 heterocycles. The lowest BCUT2D eigenvalue weighted by Gasteiger charge is -2.02. The number of nitrogens with zero attached hydrogens (tertiary/aromatic N) is 1. The molecule has 0 unspecified atom stereocenters. The van der Waals surface area contributed by atoms with Crippen molar-refractivity contribution in [1.82, 2.24) is 0 Å². The van der Waals surface area contributed by atoms with Gasteiger partial charge >= 0.3 is 0 Å². The number of nitrogens with two attached hydrogens (primary N) is 1. The Balaban J connectivity index is 2.58. The van der Waals surface area contributed by atoms with Crippen molar-refractivity contribution in [2.75, 3.05) is 0 Å². The van der Waals surface area contributed by atoms with E-state index in [1.807, 2.05) is 29.8 Å². The summed E-state index contributed by atoms with van der Waals surface area (Å²) in [5, 5.41) is 13.7. The van der Waals surface area contributed by atoms with Gasteiger partial charge in [0.15, 0.2) is 0 Å². The summed E-state index contributed by atoms with van der Waals surface area (Å²) < 4.78 is 0. The molecule has 0 aliphatic carbocycles. The Kier molecular flexibility index (Phi) is 3.53. The van der Waals surface area contributed by atoms with Crippen molar-refractivity contribution in [1.29, 1.82) is 5.26 Å². The van der Waals surface area contributed by atoms with Crippen LogP contribution >= 0.6 is 34.3 Å². The highest BCUT2D eigenvalue weighted by Crippen LogP contribution is 2.35. The highest BCUT2D eigenvalue weighted by Gasteiger charge is 2.14. The number of thiophene rings is 2. The van der Waals surface area contributed by atoms with Gasteiger partial charge in [-0.3, -0.25) is 0 Å². The highest BCUT2D eigenvalue weighted by atomic mass is 35.5. The third-order valence-electron chi connectivity index (χ3n) is 2.29. The van der Waals surface area contributed by atoms with E-state index in [1.54, 1.807) is 0 Å². The fourth-order valence-electron chi connectivity index (χ4n) is 1.39. The van der Waals surface area contributed by atoms with Crippen molar-refractivity contribution in [2.24, 2.45) is 5.73 Å². The lowest BCUT2D eigenvalue weighted by atomic mass is 10.1. The molecule has 5 heteroatoms. The number of hydrogen-bond acceptors (Lipinski definition) is 4. The number of allylic oxidation sites excluding steroid dienone is 1. The molecule has 2 N–H and O–H groups in total. The van der Waals surface area contributed by atoms with Crippen LogP contribution < -0.4 is 5.73 Å². The summed E-state index contributed by atoms with van der Waals surface area (Å²) in [4.78, 5) is 1.64. The standard InChI is InChI=1S/C12H9ClN2S2/c1-7-6-17-12(10(7)13)11(15)8(5-14)9-3-2-4-16-9/h2-4,6H,15H2,1H3/b11-8+. The first-order chi connectivity index (χ1) is 8.15. The summed E-state index contributed by atoms with van der Waals surface area (Å²) in [5.41, 5.74) is 7.98. The molecule has 0 saturated heterocycles. The molecule has 0 atom stereocenters. The van der Waals surface area contributed by atoms with E-state index in [1.165, 1.54) is 22.7 Å². The number of halogens is 1. The molecule has 86 valence electrons. The van der Waals surface area contributed by atoms with E-state index in [0.29, 0.717) is 16.3 Å². The van der Waals surface area contributed by atoms with E-state index in [0.717, 1.165) is 15.3 Å².